The van der Waals surface area contributed by atoms with Gasteiger partial charge in [-0.3, -0.25) is 4.79 Å². The molecule has 208 valence electrons. The number of carbonyl (C=O) groups is 1. The van der Waals surface area contributed by atoms with E-state index in [1.165, 1.54) is 0 Å². The lowest BCUT2D eigenvalue weighted by Crippen LogP contribution is -2.42. The molecule has 10 nitrogen and oxygen atoms in total. The molecular formula is C29H38N6O4. The maximum atomic E-state index is 13.5. The van der Waals surface area contributed by atoms with Gasteiger partial charge in [0.05, 0.1) is 41.9 Å². The molecule has 0 radical (unpaired) electrons. The number of benzene rings is 1. The highest BCUT2D eigenvalue weighted by Crippen LogP contribution is 2.40. The van der Waals surface area contributed by atoms with Gasteiger partial charge in [0.15, 0.2) is 11.9 Å². The first kappa shape index (κ1) is 26.0. The molecule has 39 heavy (non-hydrogen) atoms. The van der Waals surface area contributed by atoms with Crippen molar-refractivity contribution in [2.75, 3.05) is 36.5 Å². The summed E-state index contributed by atoms with van der Waals surface area (Å²) in [7, 11) is 0. The Morgan fingerprint density at radius 1 is 1.21 bits per heavy atom. The molecule has 2 fully saturated rings. The SMILES string of the molecule is C[C@@H](CC(C)(C)O)N1Cc2cc(NC(O)c3cnn4cccnc34)c(N3CCC(C4COC4)CC3)cc2C1=O. The zero-order valence-corrected chi connectivity index (χ0v) is 22.9. The Balaban J connectivity index is 1.30. The number of piperidine rings is 1. The molecule has 0 spiro atoms. The van der Waals surface area contributed by atoms with Gasteiger partial charge in [-0.15, -0.1) is 0 Å². The third-order valence-electron chi connectivity index (χ3n) is 8.48. The van der Waals surface area contributed by atoms with E-state index in [-0.39, 0.29) is 11.9 Å². The van der Waals surface area contributed by atoms with E-state index in [1.54, 1.807) is 43.0 Å². The van der Waals surface area contributed by atoms with Gasteiger partial charge in [-0.2, -0.15) is 5.10 Å². The number of aliphatic hydroxyl groups is 2. The van der Waals surface area contributed by atoms with Crippen molar-refractivity contribution in [3.63, 3.8) is 0 Å². The van der Waals surface area contributed by atoms with E-state index in [4.69, 9.17) is 4.74 Å². The van der Waals surface area contributed by atoms with E-state index in [0.29, 0.717) is 41.6 Å². The fraction of sp³-hybridized carbons (Fsp3) is 0.552. The summed E-state index contributed by atoms with van der Waals surface area (Å²) in [5, 5.41) is 29.3. The van der Waals surface area contributed by atoms with Crippen LogP contribution in [0.5, 0.6) is 0 Å². The van der Waals surface area contributed by atoms with Crippen molar-refractivity contribution >= 4 is 22.9 Å². The van der Waals surface area contributed by atoms with Crippen LogP contribution in [-0.4, -0.2) is 73.6 Å². The number of rotatable bonds is 8. The number of hydrogen-bond donors (Lipinski definition) is 3. The van der Waals surface area contributed by atoms with Gasteiger partial charge in [0.2, 0.25) is 0 Å². The normalized spacial score (nSPS) is 20.3. The Labute approximate surface area is 228 Å². The molecule has 3 aromatic rings. The summed E-state index contributed by atoms with van der Waals surface area (Å²) in [6.07, 6.45) is 6.72. The molecule has 1 amide bonds. The molecule has 5 heterocycles. The molecule has 3 aliphatic heterocycles. The largest absolute Gasteiger partial charge is 0.390 e. The lowest BCUT2D eigenvalue weighted by atomic mass is 9.83. The quantitative estimate of drug-likeness (QED) is 0.378. The van der Waals surface area contributed by atoms with Gasteiger partial charge >= 0.3 is 0 Å². The van der Waals surface area contributed by atoms with Crippen molar-refractivity contribution in [1.82, 2.24) is 19.5 Å². The second-order valence-corrected chi connectivity index (χ2v) is 12.0. The van der Waals surface area contributed by atoms with Crippen LogP contribution in [0.4, 0.5) is 11.4 Å². The van der Waals surface area contributed by atoms with Crippen LogP contribution in [-0.2, 0) is 11.3 Å². The maximum absolute atomic E-state index is 13.5. The molecule has 10 heteroatoms. The molecule has 6 rings (SSSR count). The summed E-state index contributed by atoms with van der Waals surface area (Å²) in [6, 6.07) is 5.68. The third-order valence-corrected chi connectivity index (χ3v) is 8.48. The highest BCUT2D eigenvalue weighted by Gasteiger charge is 2.36. The van der Waals surface area contributed by atoms with E-state index >= 15 is 0 Å². The van der Waals surface area contributed by atoms with Gasteiger partial charge in [-0.1, -0.05) is 0 Å². The molecular weight excluding hydrogens is 496 g/mol. The van der Waals surface area contributed by atoms with Crippen LogP contribution in [0, 0.1) is 11.8 Å². The van der Waals surface area contributed by atoms with Crippen molar-refractivity contribution in [3.05, 3.63) is 53.5 Å². The fourth-order valence-corrected chi connectivity index (χ4v) is 6.34. The molecule has 1 unspecified atom stereocenters. The minimum atomic E-state index is -1.03. The third kappa shape index (κ3) is 5.08. The molecule has 0 bridgehead atoms. The minimum absolute atomic E-state index is 0.0107. The van der Waals surface area contributed by atoms with E-state index in [9.17, 15) is 15.0 Å². The van der Waals surface area contributed by atoms with E-state index < -0.39 is 11.8 Å². The van der Waals surface area contributed by atoms with Gasteiger partial charge in [0.25, 0.3) is 5.91 Å². The number of aliphatic hydroxyl groups excluding tert-OH is 1. The zero-order chi connectivity index (χ0) is 27.3. The topological polar surface area (TPSA) is 115 Å². The standard InChI is InChI=1S/C29H38N6O4/c1-18(13-29(2,3)38)34-15-20-11-24(32-27(36)23-14-31-35-8-4-7-30-26(23)35)25(12-22(20)28(34)37)33-9-5-19(6-10-33)21-16-39-17-21/h4,7-8,11-12,14,18-19,21,27,32,36,38H,5-6,9-10,13,15-17H2,1-3H3/t18-,27?/m0/s1. The van der Waals surface area contributed by atoms with E-state index in [2.05, 4.69) is 20.3 Å². The number of fused-ring (bicyclic) bond motifs is 2. The molecule has 2 saturated heterocycles. The molecule has 2 aromatic heterocycles. The van der Waals surface area contributed by atoms with Crippen LogP contribution in [0.15, 0.2) is 36.8 Å². The number of ether oxygens (including phenoxy) is 1. The van der Waals surface area contributed by atoms with Gasteiger partial charge in [-0.25, -0.2) is 9.50 Å². The van der Waals surface area contributed by atoms with Crippen molar-refractivity contribution in [2.24, 2.45) is 11.8 Å². The Hall–Kier alpha value is -3.21. The van der Waals surface area contributed by atoms with Gasteiger partial charge < -0.3 is 30.1 Å². The monoisotopic (exact) mass is 534 g/mol. The molecule has 2 atom stereocenters. The Kier molecular flexibility index (Phi) is 6.73. The van der Waals surface area contributed by atoms with Gasteiger partial charge in [0, 0.05) is 49.6 Å². The lowest BCUT2D eigenvalue weighted by Gasteiger charge is -2.41. The first-order valence-electron chi connectivity index (χ1n) is 13.9. The Morgan fingerprint density at radius 2 is 1.97 bits per heavy atom. The molecule has 3 N–H and O–H groups in total. The van der Waals surface area contributed by atoms with Crippen molar-refractivity contribution in [1.29, 1.82) is 0 Å². The first-order valence-corrected chi connectivity index (χ1v) is 13.9. The van der Waals surface area contributed by atoms with Crippen LogP contribution < -0.4 is 10.2 Å². The fourth-order valence-electron chi connectivity index (χ4n) is 6.34. The summed E-state index contributed by atoms with van der Waals surface area (Å²) in [5.41, 5.74) is 3.63. The van der Waals surface area contributed by atoms with Crippen LogP contribution in [0.25, 0.3) is 5.65 Å². The molecule has 3 aliphatic rings. The summed E-state index contributed by atoms with van der Waals surface area (Å²) in [4.78, 5) is 22.1. The van der Waals surface area contributed by atoms with Gasteiger partial charge in [0.1, 0.15) is 0 Å². The second-order valence-electron chi connectivity index (χ2n) is 12.0. The highest BCUT2D eigenvalue weighted by atomic mass is 16.5. The lowest BCUT2D eigenvalue weighted by molar-refractivity contribution is -0.0650. The summed E-state index contributed by atoms with van der Waals surface area (Å²) in [6.45, 7) is 9.50. The van der Waals surface area contributed by atoms with Crippen molar-refractivity contribution in [2.45, 2.75) is 64.4 Å². The van der Waals surface area contributed by atoms with Crippen LogP contribution in [0.2, 0.25) is 0 Å². The second kappa shape index (κ2) is 10.1. The predicted molar refractivity (Wildman–Crippen MR) is 148 cm³/mol. The summed E-state index contributed by atoms with van der Waals surface area (Å²) in [5.74, 6) is 1.31. The number of nitrogens with zero attached hydrogens (tertiary/aromatic N) is 5. The van der Waals surface area contributed by atoms with E-state index in [0.717, 1.165) is 56.1 Å². The minimum Gasteiger partial charge on any atom is -0.390 e. The first-order chi connectivity index (χ1) is 18.7. The molecule has 0 saturated carbocycles. The molecule has 1 aromatic carbocycles. The highest BCUT2D eigenvalue weighted by molar-refractivity contribution is 6.01. The van der Waals surface area contributed by atoms with Crippen LogP contribution in [0.3, 0.4) is 0 Å². The van der Waals surface area contributed by atoms with Crippen LogP contribution in [0.1, 0.15) is 67.7 Å². The van der Waals surface area contributed by atoms with Crippen molar-refractivity contribution in [3.8, 4) is 0 Å². The number of hydrogen-bond acceptors (Lipinski definition) is 8. The number of aromatic nitrogens is 3. The van der Waals surface area contributed by atoms with Crippen LogP contribution >= 0.6 is 0 Å². The van der Waals surface area contributed by atoms with Gasteiger partial charge in [-0.05, 0) is 69.7 Å². The number of nitrogens with one attached hydrogen (secondary N) is 1. The zero-order valence-electron chi connectivity index (χ0n) is 22.9. The van der Waals surface area contributed by atoms with E-state index in [1.807, 2.05) is 24.0 Å². The predicted octanol–water partition coefficient (Wildman–Crippen LogP) is 3.20. The number of amides is 1. The number of carbonyl (C=O) groups excluding carboxylic acids is 1. The molecule has 0 aliphatic carbocycles. The Morgan fingerprint density at radius 3 is 2.67 bits per heavy atom. The maximum Gasteiger partial charge on any atom is 0.254 e. The number of anilines is 2. The average Bonchev–Trinajstić information content (AvgIpc) is 3.43. The summed E-state index contributed by atoms with van der Waals surface area (Å²) < 4.78 is 7.07. The summed E-state index contributed by atoms with van der Waals surface area (Å²) >= 11 is 0. The smallest absolute Gasteiger partial charge is 0.254 e. The van der Waals surface area contributed by atoms with Crippen molar-refractivity contribution < 1.29 is 19.7 Å². The Bertz CT molecular complexity index is 1360. The average molecular weight is 535 g/mol.